The van der Waals surface area contributed by atoms with E-state index in [9.17, 15) is 0 Å². The van der Waals surface area contributed by atoms with Gasteiger partial charge in [0.15, 0.2) is 0 Å². The van der Waals surface area contributed by atoms with Crippen LogP contribution in [0.4, 0.5) is 0 Å². The van der Waals surface area contributed by atoms with E-state index in [2.05, 4.69) is 55.0 Å². The van der Waals surface area contributed by atoms with Crippen molar-refractivity contribution in [2.75, 3.05) is 13.1 Å². The lowest BCUT2D eigenvalue weighted by Crippen LogP contribution is -2.63. The first-order chi connectivity index (χ1) is 10.1. The van der Waals surface area contributed by atoms with Crippen molar-refractivity contribution >= 4 is 0 Å². The summed E-state index contributed by atoms with van der Waals surface area (Å²) in [6.45, 7) is 12.6. The topological polar surface area (TPSA) is 28.2 Å². The van der Waals surface area contributed by atoms with Gasteiger partial charge < -0.3 is 5.32 Å². The van der Waals surface area contributed by atoms with E-state index in [0.717, 1.165) is 25.6 Å². The van der Waals surface area contributed by atoms with Gasteiger partial charge in [-0.1, -0.05) is 27.7 Å². The van der Waals surface area contributed by atoms with E-state index in [0.29, 0.717) is 11.6 Å². The summed E-state index contributed by atoms with van der Waals surface area (Å²) in [5.41, 5.74) is 1.68. The van der Waals surface area contributed by atoms with Crippen LogP contribution in [0.5, 0.6) is 0 Å². The number of nitrogens with zero attached hydrogens (tertiary/aromatic N) is 2. The van der Waals surface area contributed by atoms with Crippen LogP contribution in [0, 0.1) is 5.92 Å². The Morgan fingerprint density at radius 3 is 2.52 bits per heavy atom. The third-order valence-electron chi connectivity index (χ3n) is 5.03. The molecule has 2 heterocycles. The lowest BCUT2D eigenvalue weighted by molar-refractivity contribution is 0.0206. The second-order valence-electron chi connectivity index (χ2n) is 6.87. The van der Waals surface area contributed by atoms with Gasteiger partial charge in [-0.15, -0.1) is 0 Å². The predicted octanol–water partition coefficient (Wildman–Crippen LogP) is 3.46. The van der Waals surface area contributed by atoms with Crippen LogP contribution in [0.3, 0.4) is 0 Å². The number of nitrogens with one attached hydrogen (secondary N) is 1. The van der Waals surface area contributed by atoms with Crippen molar-refractivity contribution in [1.29, 1.82) is 0 Å². The average molecular weight is 289 g/mol. The van der Waals surface area contributed by atoms with Crippen LogP contribution < -0.4 is 5.32 Å². The second-order valence-corrected chi connectivity index (χ2v) is 6.87. The van der Waals surface area contributed by atoms with Crippen LogP contribution in [0.15, 0.2) is 24.5 Å². The molecule has 2 rings (SSSR count). The van der Waals surface area contributed by atoms with Crippen molar-refractivity contribution in [2.24, 2.45) is 5.92 Å². The Morgan fingerprint density at radius 2 is 1.95 bits per heavy atom. The van der Waals surface area contributed by atoms with Crippen molar-refractivity contribution < 1.29 is 0 Å². The van der Waals surface area contributed by atoms with E-state index < -0.39 is 0 Å². The normalized spacial score (nSPS) is 22.6. The fourth-order valence-electron chi connectivity index (χ4n) is 3.59. The Labute approximate surface area is 130 Å². The number of rotatable bonds is 6. The maximum absolute atomic E-state index is 4.14. The molecule has 1 aliphatic heterocycles. The molecule has 1 N–H and O–H groups in total. The summed E-state index contributed by atoms with van der Waals surface area (Å²) in [6.07, 6.45) is 7.48. The molecule has 1 aliphatic rings. The minimum Gasteiger partial charge on any atom is -0.311 e. The van der Waals surface area contributed by atoms with Crippen molar-refractivity contribution in [3.63, 3.8) is 0 Å². The first kappa shape index (κ1) is 16.4. The molecule has 1 aromatic heterocycles. The van der Waals surface area contributed by atoms with Gasteiger partial charge in [-0.25, -0.2) is 0 Å². The molecule has 3 heteroatoms. The predicted molar refractivity (Wildman–Crippen MR) is 89.2 cm³/mol. The van der Waals surface area contributed by atoms with E-state index >= 15 is 0 Å². The molecule has 1 saturated heterocycles. The quantitative estimate of drug-likeness (QED) is 0.869. The maximum atomic E-state index is 4.14. The van der Waals surface area contributed by atoms with Crippen LogP contribution in [0.1, 0.15) is 52.5 Å². The molecule has 0 bridgehead atoms. The van der Waals surface area contributed by atoms with Gasteiger partial charge in [0.25, 0.3) is 0 Å². The molecule has 3 nitrogen and oxygen atoms in total. The van der Waals surface area contributed by atoms with Gasteiger partial charge in [0.2, 0.25) is 0 Å². The minimum absolute atomic E-state index is 0.302. The largest absolute Gasteiger partial charge is 0.311 e. The zero-order chi connectivity index (χ0) is 15.3. The molecular weight excluding hydrogens is 258 g/mol. The molecule has 0 amide bonds. The highest BCUT2D eigenvalue weighted by molar-refractivity contribution is 5.11. The van der Waals surface area contributed by atoms with Crippen molar-refractivity contribution in [3.05, 3.63) is 30.1 Å². The zero-order valence-electron chi connectivity index (χ0n) is 14.1. The van der Waals surface area contributed by atoms with Crippen molar-refractivity contribution in [1.82, 2.24) is 15.2 Å². The van der Waals surface area contributed by atoms with Gasteiger partial charge in [-0.2, -0.15) is 0 Å². The van der Waals surface area contributed by atoms with Crippen LogP contribution in [0.2, 0.25) is 0 Å². The third-order valence-corrected chi connectivity index (χ3v) is 5.03. The van der Waals surface area contributed by atoms with Crippen molar-refractivity contribution in [3.8, 4) is 0 Å². The van der Waals surface area contributed by atoms with E-state index in [-0.39, 0.29) is 0 Å². The Hall–Kier alpha value is -0.930. The second kappa shape index (κ2) is 7.37. The van der Waals surface area contributed by atoms with Gasteiger partial charge in [0.05, 0.1) is 0 Å². The fraction of sp³-hybridized carbons (Fsp3) is 0.722. The molecule has 1 atom stereocenters. The van der Waals surface area contributed by atoms with Gasteiger partial charge in [0, 0.05) is 43.6 Å². The SMILES string of the molecule is CCC1(CC)CNC(CC(C)C)CN1Cc1ccncc1. The summed E-state index contributed by atoms with van der Waals surface area (Å²) in [5, 5.41) is 3.80. The molecule has 0 aliphatic carbocycles. The van der Waals surface area contributed by atoms with Crippen molar-refractivity contribution in [2.45, 2.75) is 65.1 Å². The summed E-state index contributed by atoms with van der Waals surface area (Å²) >= 11 is 0. The Bertz CT molecular complexity index is 412. The molecule has 0 aromatic carbocycles. The number of aromatic nitrogens is 1. The fourth-order valence-corrected chi connectivity index (χ4v) is 3.59. The first-order valence-corrected chi connectivity index (χ1v) is 8.47. The zero-order valence-corrected chi connectivity index (χ0v) is 14.1. The minimum atomic E-state index is 0.302. The van der Waals surface area contributed by atoms with Gasteiger partial charge in [-0.3, -0.25) is 9.88 Å². The molecule has 0 saturated carbocycles. The smallest absolute Gasteiger partial charge is 0.0333 e. The van der Waals surface area contributed by atoms with Crippen LogP contribution in [-0.4, -0.2) is 34.6 Å². The standard InChI is InChI=1S/C18H31N3/c1-5-18(6-2)14-20-17(11-15(3)4)13-21(18)12-16-7-9-19-10-8-16/h7-10,15,17,20H,5-6,11-14H2,1-4H3. The van der Waals surface area contributed by atoms with Gasteiger partial charge in [0.1, 0.15) is 0 Å². The third kappa shape index (κ3) is 4.04. The lowest BCUT2D eigenvalue weighted by Gasteiger charge is -2.50. The van der Waals surface area contributed by atoms with Crippen LogP contribution in [0.25, 0.3) is 0 Å². The number of hydrogen-bond acceptors (Lipinski definition) is 3. The molecule has 21 heavy (non-hydrogen) atoms. The highest BCUT2D eigenvalue weighted by Gasteiger charge is 2.38. The summed E-state index contributed by atoms with van der Waals surface area (Å²) in [6, 6.07) is 4.92. The molecule has 0 spiro atoms. The Balaban J connectivity index is 2.13. The maximum Gasteiger partial charge on any atom is 0.0333 e. The van der Waals surface area contributed by atoms with Gasteiger partial charge in [-0.05, 0) is 42.9 Å². The monoisotopic (exact) mass is 289 g/mol. The highest BCUT2D eigenvalue weighted by atomic mass is 15.3. The van der Waals surface area contributed by atoms with Crippen LogP contribution in [-0.2, 0) is 6.54 Å². The summed E-state index contributed by atoms with van der Waals surface area (Å²) < 4.78 is 0. The van der Waals surface area contributed by atoms with E-state index in [1.165, 1.54) is 24.8 Å². The number of hydrogen-bond donors (Lipinski definition) is 1. The van der Waals surface area contributed by atoms with E-state index in [4.69, 9.17) is 0 Å². The summed E-state index contributed by atoms with van der Waals surface area (Å²) in [5.74, 6) is 0.751. The van der Waals surface area contributed by atoms with Crippen LogP contribution >= 0.6 is 0 Å². The van der Waals surface area contributed by atoms with E-state index in [1.807, 2.05) is 12.4 Å². The molecule has 1 unspecified atom stereocenters. The average Bonchev–Trinajstić information content (AvgIpc) is 2.49. The molecule has 1 fully saturated rings. The highest BCUT2D eigenvalue weighted by Crippen LogP contribution is 2.29. The molecule has 0 radical (unpaired) electrons. The molecular formula is C18H31N3. The lowest BCUT2D eigenvalue weighted by atomic mass is 9.85. The molecule has 118 valence electrons. The first-order valence-electron chi connectivity index (χ1n) is 8.47. The number of piperazine rings is 1. The summed E-state index contributed by atoms with van der Waals surface area (Å²) in [7, 11) is 0. The Morgan fingerprint density at radius 1 is 1.29 bits per heavy atom. The van der Waals surface area contributed by atoms with E-state index in [1.54, 1.807) is 0 Å². The molecule has 1 aromatic rings. The number of pyridine rings is 1. The summed E-state index contributed by atoms with van der Waals surface area (Å²) in [4.78, 5) is 6.85. The Kier molecular flexibility index (Phi) is 5.77. The van der Waals surface area contributed by atoms with Gasteiger partial charge >= 0.3 is 0 Å².